The van der Waals surface area contributed by atoms with Gasteiger partial charge in [0.1, 0.15) is 5.56 Å². The van der Waals surface area contributed by atoms with Crippen molar-refractivity contribution in [1.29, 1.82) is 0 Å². The van der Waals surface area contributed by atoms with Crippen LogP contribution in [0.25, 0.3) is 16.6 Å². The highest BCUT2D eigenvalue weighted by Crippen LogP contribution is 2.30. The van der Waals surface area contributed by atoms with Crippen LogP contribution in [0.1, 0.15) is 20.8 Å². The Morgan fingerprint density at radius 2 is 1.81 bits per heavy atom. The number of alkyl halides is 3. The van der Waals surface area contributed by atoms with Gasteiger partial charge in [-0.1, -0.05) is 30.3 Å². The molecule has 2 heterocycles. The van der Waals surface area contributed by atoms with E-state index < -0.39 is 23.2 Å². The van der Waals surface area contributed by atoms with E-state index in [0.29, 0.717) is 23.9 Å². The fourth-order valence-electron chi connectivity index (χ4n) is 3.35. The summed E-state index contributed by atoms with van der Waals surface area (Å²) in [7, 11) is 0. The third kappa shape index (κ3) is 4.39. The third-order valence-electron chi connectivity index (χ3n) is 4.82. The van der Waals surface area contributed by atoms with Gasteiger partial charge >= 0.3 is 6.18 Å². The first-order chi connectivity index (χ1) is 14.8. The molecule has 1 amide bonds. The van der Waals surface area contributed by atoms with Crippen molar-refractivity contribution in [2.75, 3.05) is 6.54 Å². The molecule has 0 aliphatic carbocycles. The van der Waals surface area contributed by atoms with Crippen molar-refractivity contribution >= 4 is 28.1 Å². The summed E-state index contributed by atoms with van der Waals surface area (Å²) in [6.07, 6.45) is -3.93. The van der Waals surface area contributed by atoms with Crippen molar-refractivity contribution in [3.05, 3.63) is 98.5 Å². The van der Waals surface area contributed by atoms with E-state index in [0.717, 1.165) is 21.6 Å². The molecule has 31 heavy (non-hydrogen) atoms. The minimum atomic E-state index is -4.55. The highest BCUT2D eigenvalue weighted by Gasteiger charge is 2.30. The van der Waals surface area contributed by atoms with Gasteiger partial charge in [-0.25, -0.2) is 0 Å². The Balaban J connectivity index is 1.76. The molecule has 0 unspecified atom stereocenters. The monoisotopic (exact) mass is 442 g/mol. The minimum Gasteiger partial charge on any atom is -0.352 e. The maximum atomic E-state index is 13.2. The van der Waals surface area contributed by atoms with Gasteiger partial charge in [0.05, 0.1) is 11.1 Å². The maximum absolute atomic E-state index is 13.2. The molecule has 4 aromatic rings. The Morgan fingerprint density at radius 3 is 2.55 bits per heavy atom. The fraction of sp³-hybridized carbons (Fsp3) is 0.130. The molecule has 0 aliphatic heterocycles. The summed E-state index contributed by atoms with van der Waals surface area (Å²) in [5.41, 5.74) is -1.20. The molecule has 0 aliphatic rings. The molecule has 0 radical (unpaired) electrons. The Morgan fingerprint density at radius 1 is 1.00 bits per heavy atom. The number of fused-ring (bicyclic) bond motifs is 1. The first-order valence-corrected chi connectivity index (χ1v) is 10.4. The molecule has 2 aromatic heterocycles. The van der Waals surface area contributed by atoms with Gasteiger partial charge in [-0.05, 0) is 53.6 Å². The number of nitrogens with one attached hydrogen (secondary N) is 1. The summed E-state index contributed by atoms with van der Waals surface area (Å²) in [4.78, 5) is 27.0. The Bertz CT molecular complexity index is 1290. The van der Waals surface area contributed by atoms with E-state index in [9.17, 15) is 22.8 Å². The first kappa shape index (κ1) is 20.9. The number of pyridine rings is 1. The predicted molar refractivity (Wildman–Crippen MR) is 115 cm³/mol. The van der Waals surface area contributed by atoms with Crippen LogP contribution in [-0.4, -0.2) is 17.0 Å². The lowest BCUT2D eigenvalue weighted by Crippen LogP contribution is -2.33. The van der Waals surface area contributed by atoms with Crippen molar-refractivity contribution in [3.8, 4) is 5.69 Å². The number of hydrogen-bond donors (Lipinski definition) is 1. The molecule has 4 nitrogen and oxygen atoms in total. The smallest absolute Gasteiger partial charge is 0.352 e. The highest BCUT2D eigenvalue weighted by molar-refractivity contribution is 7.09. The second-order valence-corrected chi connectivity index (χ2v) is 7.92. The molecule has 0 atom stereocenters. The van der Waals surface area contributed by atoms with E-state index in [1.807, 2.05) is 17.5 Å². The number of carbonyl (C=O) groups is 1. The van der Waals surface area contributed by atoms with E-state index in [4.69, 9.17) is 0 Å². The lowest BCUT2D eigenvalue weighted by atomic mass is 10.1. The molecule has 1 N–H and O–H groups in total. The molecule has 158 valence electrons. The molecule has 0 saturated carbocycles. The molecule has 0 fully saturated rings. The quantitative estimate of drug-likeness (QED) is 0.471. The van der Waals surface area contributed by atoms with E-state index >= 15 is 0 Å². The highest BCUT2D eigenvalue weighted by atomic mass is 32.1. The Kier molecular flexibility index (Phi) is 5.65. The molecule has 2 aromatic carbocycles. The normalized spacial score (nSPS) is 11.6. The van der Waals surface area contributed by atoms with Gasteiger partial charge in [0.25, 0.3) is 11.5 Å². The van der Waals surface area contributed by atoms with Gasteiger partial charge < -0.3 is 5.32 Å². The molecular formula is C23H17F3N2O2S. The number of rotatable bonds is 5. The predicted octanol–water partition coefficient (Wildman–Crippen LogP) is 5.04. The number of amides is 1. The van der Waals surface area contributed by atoms with E-state index in [1.54, 1.807) is 35.6 Å². The second-order valence-electron chi connectivity index (χ2n) is 6.89. The fourth-order valence-corrected chi connectivity index (χ4v) is 4.06. The van der Waals surface area contributed by atoms with Crippen molar-refractivity contribution in [2.45, 2.75) is 12.6 Å². The Labute approximate surface area is 179 Å². The summed E-state index contributed by atoms with van der Waals surface area (Å²) in [6, 6.07) is 16.6. The lowest BCUT2D eigenvalue weighted by Gasteiger charge is -2.15. The SMILES string of the molecule is O=C(NCCc1cccs1)c1cc2ccccc2n(-c2cccc(C(F)(F)F)c2)c1=O. The van der Waals surface area contributed by atoms with Crippen molar-refractivity contribution in [3.63, 3.8) is 0 Å². The summed E-state index contributed by atoms with van der Waals surface area (Å²) in [5, 5.41) is 5.24. The van der Waals surface area contributed by atoms with Crippen LogP contribution >= 0.6 is 11.3 Å². The van der Waals surface area contributed by atoms with Crippen molar-refractivity contribution in [2.24, 2.45) is 0 Å². The Hall–Kier alpha value is -3.39. The number of nitrogens with zero attached hydrogens (tertiary/aromatic N) is 1. The van der Waals surface area contributed by atoms with Crippen molar-refractivity contribution in [1.82, 2.24) is 9.88 Å². The first-order valence-electron chi connectivity index (χ1n) is 9.47. The minimum absolute atomic E-state index is 0.0456. The van der Waals surface area contributed by atoms with Gasteiger partial charge in [-0.15, -0.1) is 11.3 Å². The standard InChI is InChI=1S/C23H17F3N2O2S/c24-23(25,26)16-6-3-7-17(14-16)28-20-9-2-1-5-15(20)13-19(22(28)30)21(29)27-11-10-18-8-4-12-31-18/h1-9,12-14H,10-11H2,(H,27,29). The molecule has 8 heteroatoms. The second kappa shape index (κ2) is 8.39. The van der Waals surface area contributed by atoms with Crippen LogP contribution in [0.4, 0.5) is 13.2 Å². The van der Waals surface area contributed by atoms with Crippen molar-refractivity contribution < 1.29 is 18.0 Å². The van der Waals surface area contributed by atoms with Crippen LogP contribution in [0.15, 0.2) is 76.9 Å². The molecule has 0 spiro atoms. The van der Waals surface area contributed by atoms with E-state index in [2.05, 4.69) is 5.32 Å². The largest absolute Gasteiger partial charge is 0.416 e. The summed E-state index contributed by atoms with van der Waals surface area (Å²) < 4.78 is 40.8. The van der Waals surface area contributed by atoms with E-state index in [-0.39, 0.29) is 11.3 Å². The van der Waals surface area contributed by atoms with E-state index in [1.165, 1.54) is 18.2 Å². The zero-order valence-corrected chi connectivity index (χ0v) is 17.0. The number of aromatic nitrogens is 1. The number of benzene rings is 2. The zero-order chi connectivity index (χ0) is 22.0. The summed E-state index contributed by atoms with van der Waals surface area (Å²) in [5.74, 6) is -0.562. The third-order valence-corrected chi connectivity index (χ3v) is 5.76. The molecule has 0 bridgehead atoms. The van der Waals surface area contributed by atoms with Crippen LogP contribution in [-0.2, 0) is 12.6 Å². The van der Waals surface area contributed by atoms with Crippen LogP contribution in [0.3, 0.4) is 0 Å². The van der Waals surface area contributed by atoms with Gasteiger partial charge in [-0.3, -0.25) is 14.2 Å². The van der Waals surface area contributed by atoms with Crippen LogP contribution in [0, 0.1) is 0 Å². The lowest BCUT2D eigenvalue weighted by molar-refractivity contribution is -0.137. The summed E-state index contributed by atoms with van der Waals surface area (Å²) >= 11 is 1.57. The number of carbonyl (C=O) groups excluding carboxylic acids is 1. The molecule has 4 rings (SSSR count). The molecular weight excluding hydrogens is 425 g/mol. The van der Waals surface area contributed by atoms with Crippen LogP contribution < -0.4 is 10.9 Å². The topological polar surface area (TPSA) is 51.1 Å². The summed E-state index contributed by atoms with van der Waals surface area (Å²) in [6.45, 7) is 0.342. The number of para-hydroxylation sites is 1. The van der Waals surface area contributed by atoms with Gasteiger partial charge in [-0.2, -0.15) is 13.2 Å². The zero-order valence-electron chi connectivity index (χ0n) is 16.1. The van der Waals surface area contributed by atoms with Gasteiger partial charge in [0, 0.05) is 17.1 Å². The average molecular weight is 442 g/mol. The molecule has 0 saturated heterocycles. The van der Waals surface area contributed by atoms with Crippen LogP contribution in [0.5, 0.6) is 0 Å². The number of hydrogen-bond acceptors (Lipinski definition) is 3. The van der Waals surface area contributed by atoms with Gasteiger partial charge in [0.2, 0.25) is 0 Å². The average Bonchev–Trinajstić information content (AvgIpc) is 3.26. The number of thiophene rings is 1. The number of halogens is 3. The van der Waals surface area contributed by atoms with Crippen LogP contribution in [0.2, 0.25) is 0 Å². The maximum Gasteiger partial charge on any atom is 0.416 e. The van der Waals surface area contributed by atoms with Gasteiger partial charge in [0.15, 0.2) is 0 Å².